The molecule has 4 nitrogen and oxygen atoms in total. The lowest BCUT2D eigenvalue weighted by Crippen LogP contribution is -2.18. The zero-order valence-corrected chi connectivity index (χ0v) is 13.3. The van der Waals surface area contributed by atoms with Crippen molar-refractivity contribution in [3.05, 3.63) is 42.2 Å². The fraction of sp³-hybridized carbons (Fsp3) is 0.375. The lowest BCUT2D eigenvalue weighted by Gasteiger charge is -2.05. The first-order valence-electron chi connectivity index (χ1n) is 7.07. The van der Waals surface area contributed by atoms with Gasteiger partial charge in [0, 0.05) is 48.6 Å². The Kier molecular flexibility index (Phi) is 6.66. The molecule has 2 rings (SSSR count). The van der Waals surface area contributed by atoms with Crippen LogP contribution in [-0.2, 0) is 11.3 Å². The van der Waals surface area contributed by atoms with E-state index in [1.165, 1.54) is 4.90 Å². The number of thioether (sulfide) groups is 1. The van der Waals surface area contributed by atoms with Gasteiger partial charge in [0.2, 0.25) is 0 Å². The van der Waals surface area contributed by atoms with E-state index in [4.69, 9.17) is 4.74 Å². The van der Waals surface area contributed by atoms with Gasteiger partial charge in [-0.05, 0) is 17.9 Å². The van der Waals surface area contributed by atoms with Crippen LogP contribution in [0.5, 0.6) is 0 Å². The second-order valence-corrected chi connectivity index (χ2v) is 5.88. The summed E-state index contributed by atoms with van der Waals surface area (Å²) >= 11 is 1.84. The molecule has 0 aliphatic heterocycles. The third-order valence-corrected chi connectivity index (χ3v) is 3.84. The van der Waals surface area contributed by atoms with Crippen LogP contribution in [0.4, 0.5) is 0 Å². The molecular formula is C16H21N3OS. The third-order valence-electron chi connectivity index (χ3n) is 2.94. The van der Waals surface area contributed by atoms with E-state index in [0.717, 1.165) is 35.8 Å². The Bertz CT molecular complexity index is 528. The van der Waals surface area contributed by atoms with E-state index < -0.39 is 0 Å². The Hall–Kier alpha value is -1.43. The molecule has 0 atom stereocenters. The predicted octanol–water partition coefficient (Wildman–Crippen LogP) is 2.99. The molecule has 0 fully saturated rings. The average molecular weight is 303 g/mol. The van der Waals surface area contributed by atoms with E-state index >= 15 is 0 Å². The number of nitrogens with zero attached hydrogens (tertiary/aromatic N) is 2. The zero-order valence-electron chi connectivity index (χ0n) is 12.5. The van der Waals surface area contributed by atoms with Crippen molar-refractivity contribution in [3.8, 4) is 11.4 Å². The molecule has 1 N–H and O–H groups in total. The van der Waals surface area contributed by atoms with Gasteiger partial charge < -0.3 is 10.1 Å². The van der Waals surface area contributed by atoms with Gasteiger partial charge in [-0.3, -0.25) is 0 Å². The van der Waals surface area contributed by atoms with E-state index in [0.29, 0.717) is 6.61 Å². The van der Waals surface area contributed by atoms with Crippen LogP contribution in [0, 0.1) is 0 Å². The van der Waals surface area contributed by atoms with Gasteiger partial charge in [-0.15, -0.1) is 11.8 Å². The van der Waals surface area contributed by atoms with Gasteiger partial charge in [-0.2, -0.15) is 0 Å². The first kappa shape index (κ1) is 15.9. The van der Waals surface area contributed by atoms with Crippen molar-refractivity contribution < 1.29 is 4.74 Å². The zero-order chi connectivity index (χ0) is 14.9. The molecule has 1 aromatic heterocycles. The van der Waals surface area contributed by atoms with Crippen LogP contribution in [0.15, 0.2) is 41.6 Å². The maximum atomic E-state index is 4.99. The summed E-state index contributed by atoms with van der Waals surface area (Å²) in [7, 11) is 1.70. The first-order chi connectivity index (χ1) is 10.3. The van der Waals surface area contributed by atoms with E-state index in [2.05, 4.69) is 46.5 Å². The summed E-state index contributed by atoms with van der Waals surface area (Å²) < 4.78 is 4.99. The lowest BCUT2D eigenvalue weighted by molar-refractivity contribution is 0.199. The maximum Gasteiger partial charge on any atom is 0.159 e. The largest absolute Gasteiger partial charge is 0.383 e. The molecule has 5 heteroatoms. The fourth-order valence-electron chi connectivity index (χ4n) is 1.87. The Morgan fingerprint density at radius 1 is 1.14 bits per heavy atom. The molecule has 112 valence electrons. The minimum Gasteiger partial charge on any atom is -0.383 e. The summed E-state index contributed by atoms with van der Waals surface area (Å²) in [6, 6.07) is 8.38. The van der Waals surface area contributed by atoms with Crippen LogP contribution >= 0.6 is 11.8 Å². The minimum atomic E-state index is 0.709. The van der Waals surface area contributed by atoms with Gasteiger partial charge in [-0.25, -0.2) is 9.97 Å². The molecular weight excluding hydrogens is 282 g/mol. The molecule has 0 aliphatic rings. The Morgan fingerprint density at radius 2 is 1.86 bits per heavy atom. The van der Waals surface area contributed by atoms with Crippen LogP contribution in [0.1, 0.15) is 12.5 Å². The molecule has 21 heavy (non-hydrogen) atoms. The molecule has 1 aromatic carbocycles. The average Bonchev–Trinajstić information content (AvgIpc) is 2.53. The van der Waals surface area contributed by atoms with Crippen LogP contribution in [-0.4, -0.2) is 36.0 Å². The summed E-state index contributed by atoms with van der Waals surface area (Å²) in [6.07, 6.45) is 3.74. The lowest BCUT2D eigenvalue weighted by atomic mass is 10.2. The molecule has 0 radical (unpaired) electrons. The number of hydrogen-bond acceptors (Lipinski definition) is 5. The van der Waals surface area contributed by atoms with E-state index in [9.17, 15) is 0 Å². The normalized spacial score (nSPS) is 10.8. The van der Waals surface area contributed by atoms with E-state index in [-0.39, 0.29) is 0 Å². The third kappa shape index (κ3) is 5.12. The summed E-state index contributed by atoms with van der Waals surface area (Å²) in [5.74, 6) is 1.85. The molecule has 0 saturated heterocycles. The number of nitrogens with one attached hydrogen (secondary N) is 1. The second-order valence-electron chi connectivity index (χ2n) is 4.54. The fourth-order valence-corrected chi connectivity index (χ4v) is 2.53. The highest BCUT2D eigenvalue weighted by atomic mass is 32.2. The Balaban J connectivity index is 1.94. The smallest absolute Gasteiger partial charge is 0.159 e. The number of hydrogen-bond donors (Lipinski definition) is 1. The molecule has 1 heterocycles. The molecule has 0 spiro atoms. The molecule has 0 aliphatic carbocycles. The predicted molar refractivity (Wildman–Crippen MR) is 87.4 cm³/mol. The van der Waals surface area contributed by atoms with Crippen LogP contribution < -0.4 is 5.32 Å². The summed E-state index contributed by atoms with van der Waals surface area (Å²) in [4.78, 5) is 10.1. The quantitative estimate of drug-likeness (QED) is 0.600. The van der Waals surface area contributed by atoms with Crippen LogP contribution in [0.3, 0.4) is 0 Å². The van der Waals surface area contributed by atoms with Crippen molar-refractivity contribution >= 4 is 11.8 Å². The highest BCUT2D eigenvalue weighted by Gasteiger charge is 2.02. The molecule has 0 saturated carbocycles. The van der Waals surface area contributed by atoms with E-state index in [1.54, 1.807) is 7.11 Å². The number of ether oxygens (including phenoxy) is 1. The highest BCUT2D eigenvalue weighted by molar-refractivity contribution is 7.99. The topological polar surface area (TPSA) is 47.0 Å². The number of benzene rings is 1. The second kappa shape index (κ2) is 8.77. The van der Waals surface area contributed by atoms with Gasteiger partial charge in [0.25, 0.3) is 0 Å². The van der Waals surface area contributed by atoms with Crippen LogP contribution in [0.2, 0.25) is 0 Å². The summed E-state index contributed by atoms with van der Waals surface area (Å²) in [6.45, 7) is 4.45. The number of methoxy groups -OCH3 is 1. The van der Waals surface area contributed by atoms with Crippen molar-refractivity contribution in [3.63, 3.8) is 0 Å². The van der Waals surface area contributed by atoms with Crippen molar-refractivity contribution in [1.29, 1.82) is 0 Å². The molecule has 0 bridgehead atoms. The SMILES string of the molecule is CCSc1ccc(-c2ncc(CNCCOC)cn2)cc1. The number of rotatable bonds is 8. The van der Waals surface area contributed by atoms with Gasteiger partial charge in [0.1, 0.15) is 0 Å². The highest BCUT2D eigenvalue weighted by Crippen LogP contribution is 2.21. The van der Waals surface area contributed by atoms with Gasteiger partial charge in [-0.1, -0.05) is 19.1 Å². The minimum absolute atomic E-state index is 0.709. The Morgan fingerprint density at radius 3 is 2.48 bits per heavy atom. The standard InChI is InChI=1S/C16H21N3OS/c1-3-21-15-6-4-14(5-7-15)16-18-11-13(12-19-16)10-17-8-9-20-2/h4-7,11-12,17H,3,8-10H2,1-2H3. The van der Waals surface area contributed by atoms with Crippen molar-refractivity contribution in [1.82, 2.24) is 15.3 Å². The van der Waals surface area contributed by atoms with Crippen LogP contribution in [0.25, 0.3) is 11.4 Å². The summed E-state index contributed by atoms with van der Waals surface area (Å²) in [5.41, 5.74) is 2.13. The monoisotopic (exact) mass is 303 g/mol. The van der Waals surface area contributed by atoms with Crippen molar-refractivity contribution in [2.45, 2.75) is 18.4 Å². The Labute approximate surface area is 130 Å². The van der Waals surface area contributed by atoms with Gasteiger partial charge >= 0.3 is 0 Å². The van der Waals surface area contributed by atoms with Crippen molar-refractivity contribution in [2.24, 2.45) is 0 Å². The summed E-state index contributed by atoms with van der Waals surface area (Å²) in [5, 5.41) is 3.28. The first-order valence-corrected chi connectivity index (χ1v) is 8.06. The van der Waals surface area contributed by atoms with Gasteiger partial charge in [0.15, 0.2) is 5.82 Å². The van der Waals surface area contributed by atoms with E-state index in [1.807, 2.05) is 24.2 Å². The number of aromatic nitrogens is 2. The van der Waals surface area contributed by atoms with Gasteiger partial charge in [0.05, 0.1) is 6.61 Å². The maximum absolute atomic E-state index is 4.99. The molecule has 2 aromatic rings. The molecule has 0 unspecified atom stereocenters. The van der Waals surface area contributed by atoms with Crippen molar-refractivity contribution in [2.75, 3.05) is 26.0 Å². The molecule has 0 amide bonds.